The van der Waals surface area contributed by atoms with Crippen LogP contribution < -0.4 is 27.0 Å². The highest BCUT2D eigenvalue weighted by Gasteiger charge is 2.08. The zero-order valence-electron chi connectivity index (χ0n) is 12.9. The fourth-order valence-electron chi connectivity index (χ4n) is 2.14. The number of nitrogens with one attached hydrogen (secondary N) is 1. The summed E-state index contributed by atoms with van der Waals surface area (Å²) in [7, 11) is 0. The lowest BCUT2D eigenvalue weighted by Crippen LogP contribution is -3.00. The number of hydrogen-bond acceptors (Lipinski definition) is 2. The summed E-state index contributed by atoms with van der Waals surface area (Å²) in [6.07, 6.45) is 3.72. The topological polar surface area (TPSA) is 42.2 Å². The molecule has 0 aliphatic carbocycles. The molecule has 24 heavy (non-hydrogen) atoms. The van der Waals surface area contributed by atoms with Crippen LogP contribution >= 0.6 is 0 Å². The lowest BCUT2D eigenvalue weighted by molar-refractivity contribution is -0.684. The minimum atomic E-state index is -0.0714. The van der Waals surface area contributed by atoms with Crippen LogP contribution in [-0.4, -0.2) is 5.91 Å². The van der Waals surface area contributed by atoms with E-state index in [1.807, 2.05) is 89.8 Å². The van der Waals surface area contributed by atoms with Gasteiger partial charge in [0, 0.05) is 17.8 Å². The van der Waals surface area contributed by atoms with E-state index < -0.39 is 0 Å². The number of anilines is 1. The Morgan fingerprint density at radius 1 is 0.833 bits per heavy atom. The fraction of sp³-hybridized carbons (Fsp3) is 0.0526. The van der Waals surface area contributed by atoms with Gasteiger partial charge < -0.3 is 22.5 Å². The number of carbonyl (C=O) groups is 1. The van der Waals surface area contributed by atoms with Crippen molar-refractivity contribution in [1.82, 2.24) is 0 Å². The lowest BCUT2D eigenvalue weighted by Gasteiger charge is -2.07. The number of hydrogen-bond donors (Lipinski definition) is 1. The van der Waals surface area contributed by atoms with Gasteiger partial charge in [0.05, 0.1) is 0 Å². The van der Waals surface area contributed by atoms with Crippen LogP contribution in [0.15, 0.2) is 85.2 Å². The first kappa shape index (κ1) is 17.5. The molecule has 1 heterocycles. The van der Waals surface area contributed by atoms with Crippen LogP contribution in [0.2, 0.25) is 0 Å². The Kier molecular flexibility index (Phi) is 6.34. The number of benzene rings is 2. The molecule has 1 N–H and O–H groups in total. The van der Waals surface area contributed by atoms with Crippen LogP contribution in [0.1, 0.15) is 0 Å². The molecule has 0 saturated heterocycles. The Morgan fingerprint density at radius 3 is 2.08 bits per heavy atom. The Morgan fingerprint density at radius 2 is 1.42 bits per heavy atom. The van der Waals surface area contributed by atoms with Gasteiger partial charge in [-0.1, -0.05) is 24.3 Å². The van der Waals surface area contributed by atoms with Gasteiger partial charge in [-0.05, 0) is 36.4 Å². The fourth-order valence-corrected chi connectivity index (χ4v) is 2.14. The SMILES string of the molecule is O=C(C[n+]1ccccc1)Nc1ccc(Oc2ccccc2)cc1.[Cl-]. The summed E-state index contributed by atoms with van der Waals surface area (Å²) < 4.78 is 7.54. The van der Waals surface area contributed by atoms with Gasteiger partial charge in [-0.25, -0.2) is 0 Å². The molecule has 0 fully saturated rings. The van der Waals surface area contributed by atoms with Gasteiger partial charge in [-0.2, -0.15) is 4.57 Å². The molecule has 0 unspecified atom stereocenters. The summed E-state index contributed by atoms with van der Waals surface area (Å²) in [5.41, 5.74) is 0.743. The molecule has 0 aliphatic heterocycles. The second-order valence-corrected chi connectivity index (χ2v) is 5.04. The molecule has 0 spiro atoms. The molecule has 1 amide bonds. The van der Waals surface area contributed by atoms with E-state index in [1.54, 1.807) is 0 Å². The Labute approximate surface area is 147 Å². The number of rotatable bonds is 5. The number of carbonyl (C=O) groups excluding carboxylic acids is 1. The van der Waals surface area contributed by atoms with Crippen molar-refractivity contribution in [2.75, 3.05) is 5.32 Å². The molecular weight excluding hydrogens is 324 g/mol. The van der Waals surface area contributed by atoms with E-state index in [4.69, 9.17) is 4.74 Å². The molecule has 0 aliphatic rings. The normalized spacial score (nSPS) is 9.67. The average Bonchev–Trinajstić information content (AvgIpc) is 2.58. The predicted molar refractivity (Wildman–Crippen MR) is 88.2 cm³/mol. The first-order chi connectivity index (χ1) is 11.3. The summed E-state index contributed by atoms with van der Waals surface area (Å²) in [5.74, 6) is 1.44. The summed E-state index contributed by atoms with van der Waals surface area (Å²) in [5, 5.41) is 2.87. The van der Waals surface area contributed by atoms with E-state index in [0.717, 1.165) is 17.2 Å². The van der Waals surface area contributed by atoms with Crippen molar-refractivity contribution in [1.29, 1.82) is 0 Å². The molecule has 3 aromatic rings. The Hall–Kier alpha value is -2.85. The van der Waals surface area contributed by atoms with E-state index >= 15 is 0 Å². The van der Waals surface area contributed by atoms with Crippen molar-refractivity contribution < 1.29 is 26.5 Å². The van der Waals surface area contributed by atoms with Crippen molar-refractivity contribution >= 4 is 11.6 Å². The van der Waals surface area contributed by atoms with Crippen molar-refractivity contribution in [3.8, 4) is 11.5 Å². The van der Waals surface area contributed by atoms with Gasteiger partial charge in [0.1, 0.15) is 11.5 Å². The molecule has 1 aromatic heterocycles. The Bertz CT molecular complexity index is 762. The van der Waals surface area contributed by atoms with Crippen molar-refractivity contribution in [3.05, 3.63) is 85.2 Å². The van der Waals surface area contributed by atoms with Gasteiger partial charge >= 0.3 is 0 Å². The van der Waals surface area contributed by atoms with Crippen LogP contribution in [0, 0.1) is 0 Å². The van der Waals surface area contributed by atoms with E-state index in [9.17, 15) is 4.79 Å². The molecule has 4 nitrogen and oxygen atoms in total. The van der Waals surface area contributed by atoms with Gasteiger partial charge in [0.2, 0.25) is 6.54 Å². The predicted octanol–water partition coefficient (Wildman–Crippen LogP) is 0.409. The molecular formula is C19H17ClN2O2. The maximum Gasteiger partial charge on any atom is 0.290 e. The monoisotopic (exact) mass is 340 g/mol. The van der Waals surface area contributed by atoms with Crippen LogP contribution in [0.5, 0.6) is 11.5 Å². The Balaban J connectivity index is 0.00000208. The number of nitrogens with zero attached hydrogens (tertiary/aromatic N) is 1. The molecule has 122 valence electrons. The van der Waals surface area contributed by atoms with Gasteiger partial charge in [-0.3, -0.25) is 4.79 Å². The van der Waals surface area contributed by atoms with E-state index in [0.29, 0.717) is 0 Å². The largest absolute Gasteiger partial charge is 1.00 e. The quantitative estimate of drug-likeness (QED) is 0.684. The standard InChI is InChI=1S/C19H16N2O2.ClH/c22-19(15-21-13-5-2-6-14-21)20-16-9-11-18(12-10-16)23-17-7-3-1-4-8-17;/h1-14H,15H2;1H. The highest BCUT2D eigenvalue weighted by molar-refractivity contribution is 5.89. The minimum Gasteiger partial charge on any atom is -1.00 e. The van der Waals surface area contributed by atoms with Crippen LogP contribution in [0.25, 0.3) is 0 Å². The van der Waals surface area contributed by atoms with Crippen LogP contribution in [-0.2, 0) is 11.3 Å². The third kappa shape index (κ3) is 5.11. The third-order valence-electron chi connectivity index (χ3n) is 3.22. The van der Waals surface area contributed by atoms with Crippen molar-refractivity contribution in [2.45, 2.75) is 6.54 Å². The molecule has 0 atom stereocenters. The number of amides is 1. The number of ether oxygens (including phenoxy) is 1. The smallest absolute Gasteiger partial charge is 0.290 e. The second kappa shape index (κ2) is 8.70. The maximum absolute atomic E-state index is 12.0. The molecule has 0 radical (unpaired) electrons. The summed E-state index contributed by atoms with van der Waals surface area (Å²) in [6, 6.07) is 22.6. The zero-order chi connectivity index (χ0) is 15.9. The molecule has 2 aromatic carbocycles. The summed E-state index contributed by atoms with van der Waals surface area (Å²) in [6.45, 7) is 0.281. The zero-order valence-corrected chi connectivity index (χ0v) is 13.7. The van der Waals surface area contributed by atoms with E-state index in [1.165, 1.54) is 0 Å². The highest BCUT2D eigenvalue weighted by atomic mass is 35.5. The molecule has 0 bridgehead atoms. The van der Waals surface area contributed by atoms with E-state index in [2.05, 4.69) is 5.32 Å². The van der Waals surface area contributed by atoms with Crippen LogP contribution in [0.4, 0.5) is 5.69 Å². The van der Waals surface area contributed by atoms with Crippen molar-refractivity contribution in [2.24, 2.45) is 0 Å². The average molecular weight is 341 g/mol. The molecule has 3 rings (SSSR count). The van der Waals surface area contributed by atoms with Crippen LogP contribution in [0.3, 0.4) is 0 Å². The highest BCUT2D eigenvalue weighted by Crippen LogP contribution is 2.22. The number of halogens is 1. The first-order valence-electron chi connectivity index (χ1n) is 7.36. The number of aromatic nitrogens is 1. The molecule has 5 heteroatoms. The summed E-state index contributed by atoms with van der Waals surface area (Å²) >= 11 is 0. The van der Waals surface area contributed by atoms with Gasteiger partial charge in [-0.15, -0.1) is 0 Å². The van der Waals surface area contributed by atoms with E-state index in [-0.39, 0.29) is 24.9 Å². The lowest BCUT2D eigenvalue weighted by atomic mass is 10.3. The second-order valence-electron chi connectivity index (χ2n) is 5.04. The first-order valence-corrected chi connectivity index (χ1v) is 7.36. The number of para-hydroxylation sites is 1. The maximum atomic E-state index is 12.0. The number of pyridine rings is 1. The van der Waals surface area contributed by atoms with Gasteiger partial charge in [0.15, 0.2) is 12.4 Å². The minimum absolute atomic E-state index is 0. The van der Waals surface area contributed by atoms with Gasteiger partial charge in [0.25, 0.3) is 5.91 Å². The van der Waals surface area contributed by atoms with Crippen molar-refractivity contribution in [3.63, 3.8) is 0 Å². The summed E-state index contributed by atoms with van der Waals surface area (Å²) in [4.78, 5) is 12.0. The third-order valence-corrected chi connectivity index (χ3v) is 3.22. The molecule has 0 saturated carbocycles.